The normalized spacial score (nSPS) is 16.3. The second-order valence-electron chi connectivity index (χ2n) is 8.91. The Kier molecular flexibility index (Phi) is 7.55. The molecular formula is C25H36FN3O2. The number of carbonyl (C=O) groups excluding carboxylic acids is 1. The number of hydrogen-bond donors (Lipinski definition) is 0. The van der Waals surface area contributed by atoms with Crippen LogP contribution in [-0.2, 0) is 0 Å². The Morgan fingerprint density at radius 1 is 1.19 bits per heavy atom. The Hall–Kier alpha value is -2.60. The third-order valence-corrected chi connectivity index (χ3v) is 5.92. The van der Waals surface area contributed by atoms with E-state index in [9.17, 15) is 9.18 Å². The van der Waals surface area contributed by atoms with Crippen LogP contribution in [0.1, 0.15) is 38.5 Å². The SMILES string of the molecule is CC(C)CCOc1ccc(C(=O)N(C)c2ccc(N3CCC(N(C)C)C3)c(F)c2)cc1.[HH]. The van der Waals surface area contributed by atoms with Crippen LogP contribution in [0.3, 0.4) is 0 Å². The summed E-state index contributed by atoms with van der Waals surface area (Å²) in [5.41, 5.74) is 1.67. The van der Waals surface area contributed by atoms with Crippen molar-refractivity contribution in [3.8, 4) is 5.75 Å². The summed E-state index contributed by atoms with van der Waals surface area (Å²) in [6.07, 6.45) is 2.00. The summed E-state index contributed by atoms with van der Waals surface area (Å²) in [4.78, 5) is 18.6. The van der Waals surface area contributed by atoms with E-state index in [1.165, 1.54) is 11.0 Å². The molecule has 1 heterocycles. The standard InChI is InChI=1S/C25H34FN3O2.H2/c1-18(2)13-15-31-22-9-6-19(7-10-22)25(30)28(5)20-8-11-24(23(26)16-20)29-14-12-21(17-29)27(3)4;/h6-11,16,18,21H,12-15,17H2,1-5H3;1H. The third kappa shape index (κ3) is 5.76. The molecule has 0 N–H and O–H groups in total. The molecule has 0 radical (unpaired) electrons. The molecule has 1 unspecified atom stereocenters. The van der Waals surface area contributed by atoms with Crippen LogP contribution in [0.5, 0.6) is 5.75 Å². The summed E-state index contributed by atoms with van der Waals surface area (Å²) in [5.74, 6) is 0.846. The van der Waals surface area contributed by atoms with E-state index in [2.05, 4.69) is 37.7 Å². The Bertz CT molecular complexity index is 889. The van der Waals surface area contributed by atoms with E-state index in [0.29, 0.717) is 35.5 Å². The van der Waals surface area contributed by atoms with Gasteiger partial charge in [0.2, 0.25) is 0 Å². The second-order valence-corrected chi connectivity index (χ2v) is 8.91. The minimum absolute atomic E-state index is 0. The quantitative estimate of drug-likeness (QED) is 0.597. The predicted octanol–water partition coefficient (Wildman–Crippen LogP) is 4.91. The van der Waals surface area contributed by atoms with Crippen LogP contribution in [0.25, 0.3) is 0 Å². The van der Waals surface area contributed by atoms with Crippen molar-refractivity contribution in [2.24, 2.45) is 5.92 Å². The number of likely N-dealkylation sites (N-methyl/N-ethyl adjacent to an activating group) is 1. The van der Waals surface area contributed by atoms with Crippen LogP contribution < -0.4 is 14.5 Å². The molecule has 2 aromatic carbocycles. The van der Waals surface area contributed by atoms with Crippen molar-refractivity contribution in [2.45, 2.75) is 32.7 Å². The van der Waals surface area contributed by atoms with Gasteiger partial charge in [-0.1, -0.05) is 13.8 Å². The summed E-state index contributed by atoms with van der Waals surface area (Å²) >= 11 is 0. The molecule has 1 aliphatic rings. The lowest BCUT2D eigenvalue weighted by Gasteiger charge is -2.23. The number of rotatable bonds is 8. The highest BCUT2D eigenvalue weighted by atomic mass is 19.1. The lowest BCUT2D eigenvalue weighted by molar-refractivity contribution is 0.0993. The van der Waals surface area contributed by atoms with E-state index in [1.54, 1.807) is 37.4 Å². The van der Waals surface area contributed by atoms with Gasteiger partial charge in [-0.15, -0.1) is 0 Å². The van der Waals surface area contributed by atoms with Gasteiger partial charge in [0.1, 0.15) is 11.6 Å². The fourth-order valence-corrected chi connectivity index (χ4v) is 3.76. The smallest absolute Gasteiger partial charge is 0.258 e. The summed E-state index contributed by atoms with van der Waals surface area (Å²) in [5, 5.41) is 0. The first kappa shape index (κ1) is 23.1. The molecule has 3 rings (SSSR count). The number of carbonyl (C=O) groups is 1. The van der Waals surface area contributed by atoms with Gasteiger partial charge in [-0.3, -0.25) is 4.79 Å². The van der Waals surface area contributed by atoms with Crippen LogP contribution in [0.4, 0.5) is 15.8 Å². The van der Waals surface area contributed by atoms with E-state index in [4.69, 9.17) is 4.74 Å². The van der Waals surface area contributed by atoms with Crippen LogP contribution in [0.2, 0.25) is 0 Å². The highest BCUT2D eigenvalue weighted by Gasteiger charge is 2.26. The molecule has 1 amide bonds. The van der Waals surface area contributed by atoms with Crippen LogP contribution in [-0.4, -0.2) is 57.7 Å². The van der Waals surface area contributed by atoms with E-state index >= 15 is 0 Å². The van der Waals surface area contributed by atoms with Crippen molar-refractivity contribution >= 4 is 17.3 Å². The number of hydrogen-bond acceptors (Lipinski definition) is 4. The van der Waals surface area contributed by atoms with Gasteiger partial charge in [0, 0.05) is 38.9 Å². The topological polar surface area (TPSA) is 36.0 Å². The summed E-state index contributed by atoms with van der Waals surface area (Å²) in [6.45, 7) is 6.61. The molecular weight excluding hydrogens is 393 g/mol. The molecule has 0 aliphatic carbocycles. The minimum atomic E-state index is -0.301. The van der Waals surface area contributed by atoms with Gasteiger partial charge in [0.25, 0.3) is 5.91 Å². The fraction of sp³-hybridized carbons (Fsp3) is 0.480. The first-order chi connectivity index (χ1) is 14.8. The van der Waals surface area contributed by atoms with Crippen molar-refractivity contribution in [2.75, 3.05) is 50.6 Å². The Morgan fingerprint density at radius 2 is 1.90 bits per heavy atom. The molecule has 1 saturated heterocycles. The van der Waals surface area contributed by atoms with Crippen LogP contribution >= 0.6 is 0 Å². The van der Waals surface area contributed by atoms with Crippen molar-refractivity contribution in [1.29, 1.82) is 0 Å². The van der Waals surface area contributed by atoms with Gasteiger partial charge in [0.05, 0.1) is 12.3 Å². The fourth-order valence-electron chi connectivity index (χ4n) is 3.76. The lowest BCUT2D eigenvalue weighted by atomic mass is 10.1. The maximum atomic E-state index is 14.9. The summed E-state index contributed by atoms with van der Waals surface area (Å²) < 4.78 is 20.6. The summed E-state index contributed by atoms with van der Waals surface area (Å²) in [7, 11) is 5.78. The van der Waals surface area contributed by atoms with Crippen LogP contribution in [0, 0.1) is 11.7 Å². The predicted molar refractivity (Wildman–Crippen MR) is 127 cm³/mol. The molecule has 0 saturated carbocycles. The van der Waals surface area contributed by atoms with Crippen molar-refractivity contribution in [3.05, 3.63) is 53.8 Å². The van der Waals surface area contributed by atoms with Crippen LogP contribution in [0.15, 0.2) is 42.5 Å². The Balaban J connectivity index is 0.00000363. The van der Waals surface area contributed by atoms with Crippen molar-refractivity contribution in [1.82, 2.24) is 4.90 Å². The first-order valence-corrected chi connectivity index (χ1v) is 11.0. The number of amides is 1. The zero-order valence-electron chi connectivity index (χ0n) is 19.3. The molecule has 6 heteroatoms. The second kappa shape index (κ2) is 10.1. The Labute approximate surface area is 186 Å². The number of halogens is 1. The highest BCUT2D eigenvalue weighted by molar-refractivity contribution is 6.05. The summed E-state index contributed by atoms with van der Waals surface area (Å²) in [6, 6.07) is 12.6. The molecule has 2 aromatic rings. The molecule has 31 heavy (non-hydrogen) atoms. The molecule has 0 aromatic heterocycles. The molecule has 5 nitrogen and oxygen atoms in total. The molecule has 1 fully saturated rings. The third-order valence-electron chi connectivity index (χ3n) is 5.92. The maximum absolute atomic E-state index is 14.9. The van der Waals surface area contributed by atoms with Gasteiger partial charge in [0.15, 0.2) is 0 Å². The number of ether oxygens (including phenoxy) is 1. The average Bonchev–Trinajstić information content (AvgIpc) is 3.23. The monoisotopic (exact) mass is 429 g/mol. The largest absolute Gasteiger partial charge is 0.494 e. The molecule has 0 spiro atoms. The van der Waals surface area contributed by atoms with Gasteiger partial charge in [-0.2, -0.15) is 0 Å². The van der Waals surface area contributed by atoms with Gasteiger partial charge >= 0.3 is 0 Å². The molecule has 1 atom stereocenters. The Morgan fingerprint density at radius 3 is 2.48 bits per heavy atom. The first-order valence-electron chi connectivity index (χ1n) is 11.0. The maximum Gasteiger partial charge on any atom is 0.258 e. The zero-order chi connectivity index (χ0) is 22.5. The zero-order valence-corrected chi connectivity index (χ0v) is 19.3. The van der Waals surface area contributed by atoms with E-state index in [1.807, 2.05) is 6.07 Å². The van der Waals surface area contributed by atoms with Gasteiger partial charge < -0.3 is 19.4 Å². The molecule has 0 bridgehead atoms. The minimum Gasteiger partial charge on any atom is -0.494 e. The number of benzene rings is 2. The average molecular weight is 430 g/mol. The number of anilines is 2. The van der Waals surface area contributed by atoms with E-state index in [0.717, 1.165) is 31.7 Å². The van der Waals surface area contributed by atoms with Crippen molar-refractivity contribution in [3.63, 3.8) is 0 Å². The lowest BCUT2D eigenvalue weighted by Crippen LogP contribution is -2.31. The highest BCUT2D eigenvalue weighted by Crippen LogP contribution is 2.29. The van der Waals surface area contributed by atoms with E-state index in [-0.39, 0.29) is 13.2 Å². The molecule has 170 valence electrons. The molecule has 1 aliphatic heterocycles. The number of nitrogens with zero attached hydrogens (tertiary/aromatic N) is 3. The van der Waals surface area contributed by atoms with Gasteiger partial charge in [-0.25, -0.2) is 4.39 Å². The van der Waals surface area contributed by atoms with Gasteiger partial charge in [-0.05, 0) is 75.3 Å². The van der Waals surface area contributed by atoms with Crippen molar-refractivity contribution < 1.29 is 15.3 Å². The van der Waals surface area contributed by atoms with E-state index < -0.39 is 0 Å².